The van der Waals surface area contributed by atoms with Gasteiger partial charge in [-0.15, -0.1) is 11.8 Å². The summed E-state index contributed by atoms with van der Waals surface area (Å²) in [6, 6.07) is 31.1. The Balaban J connectivity index is 1.48. The fourth-order valence-electron chi connectivity index (χ4n) is 3.47. The highest BCUT2D eigenvalue weighted by molar-refractivity contribution is 8.00. The highest BCUT2D eigenvalue weighted by Gasteiger charge is 2.18. The van der Waals surface area contributed by atoms with Gasteiger partial charge in [0.25, 0.3) is 0 Å². The van der Waals surface area contributed by atoms with Gasteiger partial charge in [-0.1, -0.05) is 66.7 Å². The molecule has 0 saturated heterocycles. The normalized spacial score (nSPS) is 10.6. The largest absolute Gasteiger partial charge is 0.333 e. The van der Waals surface area contributed by atoms with Crippen LogP contribution in [0.3, 0.4) is 0 Å². The molecule has 0 aliphatic carbocycles. The van der Waals surface area contributed by atoms with Crippen LogP contribution in [0.5, 0.6) is 0 Å². The predicted octanol–water partition coefficient (Wildman–Crippen LogP) is 5.12. The first kappa shape index (κ1) is 23.3. The van der Waals surface area contributed by atoms with E-state index in [1.54, 1.807) is 9.58 Å². The van der Waals surface area contributed by atoms with Gasteiger partial charge in [-0.2, -0.15) is 5.10 Å². The van der Waals surface area contributed by atoms with Gasteiger partial charge in [-0.25, -0.2) is 4.68 Å². The van der Waals surface area contributed by atoms with Crippen LogP contribution in [0.15, 0.2) is 102 Å². The average molecular weight is 471 g/mol. The number of aromatic nitrogens is 2. The smallest absolute Gasteiger partial charge is 0.245 e. The monoisotopic (exact) mass is 470 g/mol. The number of anilines is 1. The lowest BCUT2D eigenvalue weighted by molar-refractivity contribution is -0.132. The van der Waals surface area contributed by atoms with E-state index >= 15 is 0 Å². The van der Waals surface area contributed by atoms with Gasteiger partial charge < -0.3 is 10.2 Å². The van der Waals surface area contributed by atoms with Gasteiger partial charge in [0.1, 0.15) is 5.82 Å². The number of thioether (sulfide) groups is 1. The summed E-state index contributed by atoms with van der Waals surface area (Å²) in [5.41, 5.74) is 2.54. The molecule has 0 unspecified atom stereocenters. The topological polar surface area (TPSA) is 67.2 Å². The summed E-state index contributed by atoms with van der Waals surface area (Å²) in [6.07, 6.45) is 0. The molecule has 0 saturated carbocycles. The van der Waals surface area contributed by atoms with Crippen molar-refractivity contribution in [1.82, 2.24) is 14.7 Å². The van der Waals surface area contributed by atoms with Crippen LogP contribution < -0.4 is 5.32 Å². The van der Waals surface area contributed by atoms with E-state index in [9.17, 15) is 9.59 Å². The van der Waals surface area contributed by atoms with Crippen molar-refractivity contribution in [2.45, 2.75) is 11.8 Å². The molecule has 7 heteroatoms. The van der Waals surface area contributed by atoms with Gasteiger partial charge in [0, 0.05) is 23.1 Å². The summed E-state index contributed by atoms with van der Waals surface area (Å²) in [6.45, 7) is 2.31. The number of benzene rings is 3. The van der Waals surface area contributed by atoms with E-state index in [1.165, 1.54) is 11.8 Å². The first-order valence-corrected chi connectivity index (χ1v) is 12.1. The molecule has 0 bridgehead atoms. The lowest BCUT2D eigenvalue weighted by Gasteiger charge is -2.20. The van der Waals surface area contributed by atoms with Crippen molar-refractivity contribution in [3.05, 3.63) is 97.1 Å². The number of carbonyl (C=O) groups excluding carboxylic acids is 2. The molecule has 1 N–H and O–H groups in total. The molecule has 172 valence electrons. The molecule has 3 aromatic carbocycles. The van der Waals surface area contributed by atoms with E-state index in [0.717, 1.165) is 21.8 Å². The summed E-state index contributed by atoms with van der Waals surface area (Å²) < 4.78 is 1.71. The number of nitrogens with zero attached hydrogens (tertiary/aromatic N) is 3. The Morgan fingerprint density at radius 2 is 1.53 bits per heavy atom. The van der Waals surface area contributed by atoms with Crippen molar-refractivity contribution < 1.29 is 9.59 Å². The summed E-state index contributed by atoms with van der Waals surface area (Å²) in [5.74, 6) is 0.493. The van der Waals surface area contributed by atoms with E-state index in [2.05, 4.69) is 5.32 Å². The molecule has 2 amide bonds. The zero-order chi connectivity index (χ0) is 23.8. The summed E-state index contributed by atoms with van der Waals surface area (Å²) in [7, 11) is 0. The molecule has 0 fully saturated rings. The molecule has 0 aliphatic rings. The summed E-state index contributed by atoms with van der Waals surface area (Å²) in [5, 5.41) is 7.67. The van der Waals surface area contributed by atoms with E-state index in [1.807, 2.05) is 104 Å². The predicted molar refractivity (Wildman–Crippen MR) is 137 cm³/mol. The SMILES string of the molecule is CCN(CC(=O)Nc1cc(-c2ccccc2)nn1-c1ccccc1)C(=O)CSc1ccccc1. The Hall–Kier alpha value is -3.84. The van der Waals surface area contributed by atoms with Gasteiger partial charge >= 0.3 is 0 Å². The van der Waals surface area contributed by atoms with Crippen LogP contribution >= 0.6 is 11.8 Å². The third kappa shape index (κ3) is 5.94. The van der Waals surface area contributed by atoms with Gasteiger partial charge in [0.2, 0.25) is 11.8 Å². The lowest BCUT2D eigenvalue weighted by atomic mass is 10.1. The van der Waals surface area contributed by atoms with Crippen LogP contribution in [0.2, 0.25) is 0 Å². The maximum atomic E-state index is 12.9. The molecule has 0 atom stereocenters. The fourth-order valence-corrected chi connectivity index (χ4v) is 4.29. The second-order valence-corrected chi connectivity index (χ2v) is 8.63. The van der Waals surface area contributed by atoms with Crippen molar-refractivity contribution in [1.29, 1.82) is 0 Å². The Morgan fingerprint density at radius 1 is 0.912 bits per heavy atom. The maximum Gasteiger partial charge on any atom is 0.245 e. The van der Waals surface area contributed by atoms with Crippen LogP contribution in [-0.4, -0.2) is 45.3 Å². The minimum atomic E-state index is -0.267. The Morgan fingerprint density at radius 3 is 2.18 bits per heavy atom. The molecule has 1 heterocycles. The second kappa shape index (κ2) is 11.3. The number of amides is 2. The third-order valence-electron chi connectivity index (χ3n) is 5.22. The zero-order valence-electron chi connectivity index (χ0n) is 18.9. The van der Waals surface area contributed by atoms with Crippen LogP contribution in [-0.2, 0) is 9.59 Å². The van der Waals surface area contributed by atoms with E-state index < -0.39 is 0 Å². The van der Waals surface area contributed by atoms with Crippen molar-refractivity contribution in [3.8, 4) is 16.9 Å². The zero-order valence-corrected chi connectivity index (χ0v) is 19.7. The Kier molecular flexibility index (Phi) is 7.78. The molecule has 0 aliphatic heterocycles. The summed E-state index contributed by atoms with van der Waals surface area (Å²) in [4.78, 5) is 28.2. The van der Waals surface area contributed by atoms with Crippen LogP contribution in [0.25, 0.3) is 16.9 Å². The third-order valence-corrected chi connectivity index (χ3v) is 6.22. The van der Waals surface area contributed by atoms with Crippen molar-refractivity contribution >= 4 is 29.4 Å². The Labute approximate surface area is 203 Å². The molecule has 4 aromatic rings. The minimum Gasteiger partial charge on any atom is -0.333 e. The number of rotatable bonds is 9. The van der Waals surface area contributed by atoms with Crippen LogP contribution in [0.1, 0.15) is 6.92 Å². The quantitative estimate of drug-likeness (QED) is 0.345. The molecule has 0 spiro atoms. The molecular formula is C27H26N4O2S. The number of nitrogens with one attached hydrogen (secondary N) is 1. The van der Waals surface area contributed by atoms with Gasteiger partial charge in [-0.3, -0.25) is 9.59 Å². The molecule has 4 rings (SSSR count). The highest BCUT2D eigenvalue weighted by atomic mass is 32.2. The number of carbonyl (C=O) groups is 2. The van der Waals surface area contributed by atoms with Crippen molar-refractivity contribution in [2.24, 2.45) is 0 Å². The maximum absolute atomic E-state index is 12.9. The number of likely N-dealkylation sites (N-methyl/N-ethyl adjacent to an activating group) is 1. The molecule has 34 heavy (non-hydrogen) atoms. The first-order chi connectivity index (χ1) is 16.6. The lowest BCUT2D eigenvalue weighted by Crippen LogP contribution is -2.39. The van der Waals surface area contributed by atoms with Gasteiger partial charge in [0.05, 0.1) is 23.7 Å². The first-order valence-electron chi connectivity index (χ1n) is 11.1. The molecule has 0 radical (unpaired) electrons. The van der Waals surface area contributed by atoms with Gasteiger partial charge in [-0.05, 0) is 31.2 Å². The van der Waals surface area contributed by atoms with E-state index in [-0.39, 0.29) is 24.1 Å². The molecular weight excluding hydrogens is 444 g/mol. The Bertz CT molecular complexity index is 1230. The average Bonchev–Trinajstić information content (AvgIpc) is 3.31. The van der Waals surface area contributed by atoms with Crippen LogP contribution in [0.4, 0.5) is 5.82 Å². The fraction of sp³-hybridized carbons (Fsp3) is 0.148. The van der Waals surface area contributed by atoms with Crippen LogP contribution in [0, 0.1) is 0 Å². The van der Waals surface area contributed by atoms with Crippen molar-refractivity contribution in [2.75, 3.05) is 24.2 Å². The molecule has 1 aromatic heterocycles. The number of para-hydroxylation sites is 1. The standard InChI is InChI=1S/C27H26N4O2S/c1-2-30(27(33)20-34-23-16-10-5-11-17-23)19-26(32)28-25-18-24(21-12-6-3-7-13-21)29-31(25)22-14-8-4-9-15-22/h3-18H,2,19-20H2,1H3,(H,28,32). The highest BCUT2D eigenvalue weighted by Crippen LogP contribution is 2.25. The second-order valence-electron chi connectivity index (χ2n) is 7.59. The molecule has 6 nitrogen and oxygen atoms in total. The van der Waals surface area contributed by atoms with Gasteiger partial charge in [0.15, 0.2) is 0 Å². The van der Waals surface area contributed by atoms with E-state index in [4.69, 9.17) is 5.10 Å². The minimum absolute atomic E-state index is 0.0225. The summed E-state index contributed by atoms with van der Waals surface area (Å²) >= 11 is 1.47. The van der Waals surface area contributed by atoms with Crippen molar-refractivity contribution in [3.63, 3.8) is 0 Å². The number of hydrogen-bond donors (Lipinski definition) is 1. The number of hydrogen-bond acceptors (Lipinski definition) is 4. The van der Waals surface area contributed by atoms with E-state index in [0.29, 0.717) is 12.4 Å².